The zero-order chi connectivity index (χ0) is 19.9. The van der Waals surface area contributed by atoms with Gasteiger partial charge in [-0.25, -0.2) is 4.98 Å². The van der Waals surface area contributed by atoms with Crippen LogP contribution >= 0.6 is 0 Å². The summed E-state index contributed by atoms with van der Waals surface area (Å²) in [7, 11) is 1.85. The summed E-state index contributed by atoms with van der Waals surface area (Å²) in [5.74, 6) is 0.0259. The lowest BCUT2D eigenvalue weighted by Gasteiger charge is -2.24. The molecule has 142 valence electrons. The standard InChI is InChI=1S/C22H28N4O/c1-13(2)25(7)22(27)20-16(6)21(17-11-23-26(12-17)14(3)4)24-19-9-8-15(5)10-18(19)20/h8-14H,1-7H3. The van der Waals surface area contributed by atoms with Gasteiger partial charge in [0.15, 0.2) is 0 Å². The van der Waals surface area contributed by atoms with E-state index in [-0.39, 0.29) is 18.0 Å². The van der Waals surface area contributed by atoms with E-state index in [1.54, 1.807) is 4.90 Å². The number of hydrogen-bond donors (Lipinski definition) is 0. The van der Waals surface area contributed by atoms with Crippen LogP contribution in [0.25, 0.3) is 22.2 Å². The second kappa shape index (κ2) is 7.14. The van der Waals surface area contributed by atoms with Gasteiger partial charge in [0.2, 0.25) is 0 Å². The summed E-state index contributed by atoms with van der Waals surface area (Å²) in [6, 6.07) is 6.48. The van der Waals surface area contributed by atoms with Crippen LogP contribution in [0.5, 0.6) is 0 Å². The highest BCUT2D eigenvalue weighted by molar-refractivity contribution is 6.09. The van der Waals surface area contributed by atoms with Crippen molar-refractivity contribution in [3.05, 3.63) is 47.3 Å². The number of fused-ring (bicyclic) bond motifs is 1. The van der Waals surface area contributed by atoms with Crippen LogP contribution in [-0.2, 0) is 0 Å². The smallest absolute Gasteiger partial charge is 0.254 e. The van der Waals surface area contributed by atoms with Crippen molar-refractivity contribution in [3.63, 3.8) is 0 Å². The Morgan fingerprint density at radius 2 is 1.85 bits per heavy atom. The van der Waals surface area contributed by atoms with Gasteiger partial charge >= 0.3 is 0 Å². The lowest BCUT2D eigenvalue weighted by molar-refractivity contribution is 0.0756. The fourth-order valence-corrected chi connectivity index (χ4v) is 3.18. The van der Waals surface area contributed by atoms with Gasteiger partial charge in [-0.3, -0.25) is 9.48 Å². The van der Waals surface area contributed by atoms with E-state index in [2.05, 4.69) is 25.0 Å². The van der Waals surface area contributed by atoms with Gasteiger partial charge in [0.1, 0.15) is 0 Å². The molecular weight excluding hydrogens is 336 g/mol. The van der Waals surface area contributed by atoms with Crippen molar-refractivity contribution in [1.29, 1.82) is 0 Å². The first-order valence-electron chi connectivity index (χ1n) is 9.43. The Bertz CT molecular complexity index is 1000. The number of carbonyl (C=O) groups is 1. The number of hydrogen-bond acceptors (Lipinski definition) is 3. The van der Waals surface area contributed by atoms with Crippen molar-refractivity contribution in [1.82, 2.24) is 19.7 Å². The number of pyridine rings is 1. The Morgan fingerprint density at radius 1 is 1.15 bits per heavy atom. The second-order valence-corrected chi connectivity index (χ2v) is 7.79. The first-order valence-corrected chi connectivity index (χ1v) is 9.43. The van der Waals surface area contributed by atoms with Crippen LogP contribution in [0, 0.1) is 13.8 Å². The van der Waals surface area contributed by atoms with Crippen molar-refractivity contribution >= 4 is 16.8 Å². The molecule has 5 heteroatoms. The molecule has 0 unspecified atom stereocenters. The Labute approximate surface area is 161 Å². The molecule has 0 atom stereocenters. The molecule has 0 bridgehead atoms. The lowest BCUT2D eigenvalue weighted by Crippen LogP contribution is -2.33. The van der Waals surface area contributed by atoms with Gasteiger partial charge in [-0.15, -0.1) is 0 Å². The molecule has 0 saturated carbocycles. The number of nitrogens with zero attached hydrogens (tertiary/aromatic N) is 4. The number of aromatic nitrogens is 3. The van der Waals surface area contributed by atoms with Gasteiger partial charge in [0.25, 0.3) is 5.91 Å². The van der Waals surface area contributed by atoms with Crippen molar-refractivity contribution in [2.24, 2.45) is 0 Å². The van der Waals surface area contributed by atoms with Gasteiger partial charge in [-0.2, -0.15) is 5.10 Å². The number of aryl methyl sites for hydroxylation is 1. The van der Waals surface area contributed by atoms with Crippen LogP contribution in [0.4, 0.5) is 0 Å². The summed E-state index contributed by atoms with van der Waals surface area (Å²) in [4.78, 5) is 20.0. The van der Waals surface area contributed by atoms with E-state index >= 15 is 0 Å². The number of benzene rings is 1. The van der Waals surface area contributed by atoms with Gasteiger partial charge in [0, 0.05) is 36.3 Å². The quantitative estimate of drug-likeness (QED) is 0.670. The molecule has 0 N–H and O–H groups in total. The van der Waals surface area contributed by atoms with E-state index in [4.69, 9.17) is 4.98 Å². The average molecular weight is 364 g/mol. The minimum atomic E-state index is 0.0259. The summed E-state index contributed by atoms with van der Waals surface area (Å²) < 4.78 is 1.91. The Kier molecular flexibility index (Phi) is 5.05. The molecule has 2 aromatic heterocycles. The van der Waals surface area contributed by atoms with Crippen molar-refractivity contribution in [2.75, 3.05) is 7.05 Å². The Morgan fingerprint density at radius 3 is 2.44 bits per heavy atom. The van der Waals surface area contributed by atoms with E-state index in [1.165, 1.54) is 0 Å². The van der Waals surface area contributed by atoms with Crippen LogP contribution in [0.15, 0.2) is 30.6 Å². The molecule has 0 saturated heterocycles. The number of carbonyl (C=O) groups excluding carboxylic acids is 1. The SMILES string of the molecule is Cc1ccc2nc(-c3cnn(C(C)C)c3)c(C)c(C(=O)N(C)C(C)C)c2c1. The van der Waals surface area contributed by atoms with Crippen LogP contribution in [0.2, 0.25) is 0 Å². The fraction of sp³-hybridized carbons (Fsp3) is 0.409. The van der Waals surface area contributed by atoms with Crippen molar-refractivity contribution in [3.8, 4) is 11.3 Å². The summed E-state index contributed by atoms with van der Waals surface area (Å²) in [5, 5.41) is 5.35. The van der Waals surface area contributed by atoms with E-state index < -0.39 is 0 Å². The average Bonchev–Trinajstić information content (AvgIpc) is 3.10. The third-order valence-electron chi connectivity index (χ3n) is 5.10. The molecule has 1 aromatic carbocycles. The predicted molar refractivity (Wildman–Crippen MR) is 110 cm³/mol. The maximum absolute atomic E-state index is 13.3. The predicted octanol–water partition coefficient (Wildman–Crippen LogP) is 4.78. The Balaban J connectivity index is 2.29. The fourth-order valence-electron chi connectivity index (χ4n) is 3.18. The van der Waals surface area contributed by atoms with Gasteiger partial charge in [-0.1, -0.05) is 11.6 Å². The van der Waals surface area contributed by atoms with Crippen LogP contribution in [0.1, 0.15) is 55.2 Å². The molecule has 0 spiro atoms. The lowest BCUT2D eigenvalue weighted by atomic mass is 9.96. The first-order chi connectivity index (χ1) is 12.7. The third-order valence-corrected chi connectivity index (χ3v) is 5.10. The summed E-state index contributed by atoms with van der Waals surface area (Å²) in [5.41, 5.74) is 5.33. The number of amides is 1. The summed E-state index contributed by atoms with van der Waals surface area (Å²) in [6.45, 7) is 12.2. The molecule has 0 radical (unpaired) electrons. The zero-order valence-electron chi connectivity index (χ0n) is 17.2. The van der Waals surface area contributed by atoms with Crippen LogP contribution in [0.3, 0.4) is 0 Å². The first kappa shape index (κ1) is 19.1. The molecule has 3 aromatic rings. The van der Waals surface area contributed by atoms with E-state index in [1.807, 2.05) is 64.0 Å². The zero-order valence-corrected chi connectivity index (χ0v) is 17.2. The Hall–Kier alpha value is -2.69. The van der Waals surface area contributed by atoms with Crippen molar-refractivity contribution in [2.45, 2.75) is 53.6 Å². The van der Waals surface area contributed by atoms with E-state index in [9.17, 15) is 4.79 Å². The van der Waals surface area contributed by atoms with Crippen LogP contribution < -0.4 is 0 Å². The molecular formula is C22H28N4O. The second-order valence-electron chi connectivity index (χ2n) is 7.79. The van der Waals surface area contributed by atoms with Gasteiger partial charge in [0.05, 0.1) is 23.0 Å². The van der Waals surface area contributed by atoms with Crippen LogP contribution in [-0.4, -0.2) is 38.7 Å². The number of rotatable bonds is 4. The van der Waals surface area contributed by atoms with Crippen molar-refractivity contribution < 1.29 is 4.79 Å². The molecule has 1 amide bonds. The monoisotopic (exact) mass is 364 g/mol. The summed E-state index contributed by atoms with van der Waals surface area (Å²) in [6.07, 6.45) is 3.83. The highest BCUT2D eigenvalue weighted by Gasteiger charge is 2.23. The highest BCUT2D eigenvalue weighted by Crippen LogP contribution is 2.31. The molecule has 27 heavy (non-hydrogen) atoms. The molecule has 2 heterocycles. The highest BCUT2D eigenvalue weighted by atomic mass is 16.2. The molecule has 0 fully saturated rings. The third kappa shape index (κ3) is 3.46. The normalized spacial score (nSPS) is 11.6. The maximum atomic E-state index is 13.3. The molecule has 0 aliphatic rings. The minimum absolute atomic E-state index is 0.0259. The van der Waals surface area contributed by atoms with Gasteiger partial charge in [-0.05, 0) is 59.2 Å². The van der Waals surface area contributed by atoms with E-state index in [0.29, 0.717) is 0 Å². The molecule has 5 nitrogen and oxygen atoms in total. The van der Waals surface area contributed by atoms with Gasteiger partial charge < -0.3 is 4.90 Å². The minimum Gasteiger partial charge on any atom is -0.339 e. The van der Waals surface area contributed by atoms with E-state index in [0.717, 1.165) is 38.9 Å². The topological polar surface area (TPSA) is 51.0 Å². The molecule has 3 rings (SSSR count). The molecule has 0 aliphatic carbocycles. The largest absolute Gasteiger partial charge is 0.339 e. The maximum Gasteiger partial charge on any atom is 0.254 e. The summed E-state index contributed by atoms with van der Waals surface area (Å²) >= 11 is 0. The molecule has 0 aliphatic heterocycles.